The van der Waals surface area contributed by atoms with Crippen LogP contribution in [-0.2, 0) is 4.74 Å². The summed E-state index contributed by atoms with van der Waals surface area (Å²) in [5.74, 6) is 0. The fourth-order valence-electron chi connectivity index (χ4n) is 3.39. The summed E-state index contributed by atoms with van der Waals surface area (Å²) < 4.78 is 6.26. The van der Waals surface area contributed by atoms with E-state index in [9.17, 15) is 0 Å². The first kappa shape index (κ1) is 17.9. The fraction of sp³-hybridized carbons (Fsp3) is 0.217. The van der Waals surface area contributed by atoms with Crippen LogP contribution in [-0.4, -0.2) is 13.0 Å². The predicted molar refractivity (Wildman–Crippen MR) is 112 cm³/mol. The van der Waals surface area contributed by atoms with E-state index in [1.165, 1.54) is 15.9 Å². The van der Waals surface area contributed by atoms with Crippen molar-refractivity contribution in [1.82, 2.24) is 0 Å². The van der Waals surface area contributed by atoms with Gasteiger partial charge in [-0.05, 0) is 0 Å². The summed E-state index contributed by atoms with van der Waals surface area (Å²) in [6.07, 6.45) is 3.06. The molecular weight excluding hydrogens is 323 g/mol. The Bertz CT molecular complexity index is 644. The van der Waals surface area contributed by atoms with Crippen LogP contribution in [0.5, 0.6) is 0 Å². The van der Waals surface area contributed by atoms with Gasteiger partial charge in [0.15, 0.2) is 0 Å². The molecule has 0 atom stereocenters. The molecule has 25 heavy (non-hydrogen) atoms. The van der Waals surface area contributed by atoms with Crippen LogP contribution in [0.15, 0.2) is 91.0 Å². The molecule has 3 aromatic rings. The van der Waals surface area contributed by atoms with Crippen molar-refractivity contribution >= 4 is 23.2 Å². The summed E-state index contributed by atoms with van der Waals surface area (Å²) in [5, 5.41) is 4.22. The predicted octanol–water partition coefficient (Wildman–Crippen LogP) is 4.49. The van der Waals surface area contributed by atoms with Gasteiger partial charge in [-0.1, -0.05) is 0 Å². The van der Waals surface area contributed by atoms with E-state index in [1.807, 2.05) is 0 Å². The Labute approximate surface area is 152 Å². The molecule has 3 rings (SSSR count). The molecule has 0 unspecified atom stereocenters. The zero-order chi connectivity index (χ0) is 17.4. The van der Waals surface area contributed by atoms with Crippen LogP contribution in [0.1, 0.15) is 19.8 Å². The number of benzene rings is 3. The maximum atomic E-state index is 6.26. The molecule has 0 bridgehead atoms. The molecule has 0 fully saturated rings. The van der Waals surface area contributed by atoms with Gasteiger partial charge in [-0.15, -0.1) is 0 Å². The maximum absolute atomic E-state index is 6.26. The van der Waals surface area contributed by atoms with Crippen molar-refractivity contribution in [2.75, 3.05) is 13.0 Å². The SMILES string of the molecule is CCCCOC[PH](c1ccccc1)(c1ccccc1)c1ccccc1. The summed E-state index contributed by atoms with van der Waals surface area (Å²) >= 11 is 0. The van der Waals surface area contributed by atoms with Crippen LogP contribution < -0.4 is 15.9 Å². The minimum atomic E-state index is -2.20. The van der Waals surface area contributed by atoms with Gasteiger partial charge in [0.05, 0.1) is 0 Å². The third kappa shape index (κ3) is 4.00. The van der Waals surface area contributed by atoms with Crippen molar-refractivity contribution in [2.45, 2.75) is 19.8 Å². The normalized spacial score (nSPS) is 12.0. The van der Waals surface area contributed by atoms with Gasteiger partial charge < -0.3 is 0 Å². The van der Waals surface area contributed by atoms with Crippen LogP contribution in [0, 0.1) is 0 Å². The van der Waals surface area contributed by atoms with Gasteiger partial charge in [-0.25, -0.2) is 0 Å². The van der Waals surface area contributed by atoms with E-state index in [1.54, 1.807) is 0 Å². The Morgan fingerprint density at radius 1 is 0.640 bits per heavy atom. The number of hydrogen-bond donors (Lipinski definition) is 0. The Morgan fingerprint density at radius 3 is 1.40 bits per heavy atom. The van der Waals surface area contributed by atoms with Gasteiger partial charge in [0.25, 0.3) is 0 Å². The number of ether oxygens (including phenoxy) is 1. The van der Waals surface area contributed by atoms with Crippen LogP contribution in [0.25, 0.3) is 0 Å². The van der Waals surface area contributed by atoms with Crippen molar-refractivity contribution in [1.29, 1.82) is 0 Å². The molecule has 130 valence electrons. The van der Waals surface area contributed by atoms with Crippen LogP contribution in [0.2, 0.25) is 0 Å². The minimum absolute atomic E-state index is 0.783. The molecular formula is C23H27OP. The zero-order valence-corrected chi connectivity index (χ0v) is 15.9. The first-order valence-corrected chi connectivity index (χ1v) is 11.3. The average molecular weight is 350 g/mol. The number of hydrogen-bond acceptors (Lipinski definition) is 1. The molecule has 0 radical (unpaired) electrons. The molecule has 0 aliphatic carbocycles. The van der Waals surface area contributed by atoms with E-state index in [4.69, 9.17) is 4.74 Å². The van der Waals surface area contributed by atoms with Crippen LogP contribution >= 0.6 is 7.26 Å². The van der Waals surface area contributed by atoms with E-state index < -0.39 is 7.26 Å². The van der Waals surface area contributed by atoms with Gasteiger partial charge >= 0.3 is 152 Å². The Hall–Kier alpha value is -1.95. The van der Waals surface area contributed by atoms with Crippen molar-refractivity contribution in [3.63, 3.8) is 0 Å². The third-order valence-corrected chi connectivity index (χ3v) is 9.35. The molecule has 0 aliphatic rings. The van der Waals surface area contributed by atoms with E-state index in [0.29, 0.717) is 0 Å². The molecule has 1 nitrogen and oxygen atoms in total. The van der Waals surface area contributed by atoms with Crippen LogP contribution in [0.4, 0.5) is 0 Å². The van der Waals surface area contributed by atoms with Crippen molar-refractivity contribution in [2.24, 2.45) is 0 Å². The quantitative estimate of drug-likeness (QED) is 0.430. The second-order valence-corrected chi connectivity index (χ2v) is 10.2. The zero-order valence-electron chi connectivity index (χ0n) is 14.9. The molecule has 0 amide bonds. The molecule has 0 N–H and O–H groups in total. The topological polar surface area (TPSA) is 9.23 Å². The van der Waals surface area contributed by atoms with Crippen molar-refractivity contribution in [3.05, 3.63) is 91.0 Å². The monoisotopic (exact) mass is 350 g/mol. The van der Waals surface area contributed by atoms with E-state index in [0.717, 1.165) is 25.8 Å². The van der Waals surface area contributed by atoms with E-state index in [-0.39, 0.29) is 0 Å². The molecule has 0 spiro atoms. The second-order valence-electron chi connectivity index (χ2n) is 6.41. The summed E-state index contributed by atoms with van der Waals surface area (Å²) in [4.78, 5) is 0. The number of unbranched alkanes of at least 4 members (excludes halogenated alkanes) is 1. The average Bonchev–Trinajstić information content (AvgIpc) is 2.70. The molecule has 0 saturated heterocycles. The van der Waals surface area contributed by atoms with Crippen molar-refractivity contribution in [3.8, 4) is 0 Å². The summed E-state index contributed by atoms with van der Waals surface area (Å²) in [5.41, 5.74) is 0. The molecule has 2 heteroatoms. The van der Waals surface area contributed by atoms with Crippen LogP contribution in [0.3, 0.4) is 0 Å². The molecule has 0 heterocycles. The van der Waals surface area contributed by atoms with Gasteiger partial charge in [-0.2, -0.15) is 0 Å². The number of rotatable bonds is 8. The van der Waals surface area contributed by atoms with Gasteiger partial charge in [-0.3, -0.25) is 0 Å². The Morgan fingerprint density at radius 2 is 1.04 bits per heavy atom. The standard InChI is InChI=1S/C23H27OP/c1-2-3-19-24-20-25(21-13-7-4-8-14-21,22-15-9-5-10-16-22)23-17-11-6-12-18-23/h4-18,25H,2-3,19-20H2,1H3. The van der Waals surface area contributed by atoms with E-state index in [2.05, 4.69) is 97.9 Å². The summed E-state index contributed by atoms with van der Waals surface area (Å²) in [6.45, 7) is 3.04. The Balaban J connectivity index is 2.13. The summed E-state index contributed by atoms with van der Waals surface area (Å²) in [7, 11) is -2.20. The molecule has 3 aromatic carbocycles. The Kier molecular flexibility index (Phi) is 6.39. The second kappa shape index (κ2) is 8.94. The molecule has 0 saturated carbocycles. The van der Waals surface area contributed by atoms with Crippen molar-refractivity contribution < 1.29 is 4.74 Å². The summed E-state index contributed by atoms with van der Waals surface area (Å²) in [6, 6.07) is 32.8. The molecule has 0 aliphatic heterocycles. The van der Waals surface area contributed by atoms with Gasteiger partial charge in [0.1, 0.15) is 0 Å². The molecule has 0 aromatic heterocycles. The first-order chi connectivity index (χ1) is 12.4. The first-order valence-electron chi connectivity index (χ1n) is 9.12. The van der Waals surface area contributed by atoms with E-state index >= 15 is 0 Å². The van der Waals surface area contributed by atoms with Gasteiger partial charge in [0.2, 0.25) is 0 Å². The fourth-order valence-corrected chi connectivity index (χ4v) is 7.62. The van der Waals surface area contributed by atoms with Gasteiger partial charge in [0, 0.05) is 0 Å². The third-order valence-electron chi connectivity index (χ3n) is 4.76.